The molecule has 0 atom stereocenters. The summed E-state index contributed by atoms with van der Waals surface area (Å²) in [6.45, 7) is 2.62. The van der Waals surface area contributed by atoms with Crippen molar-refractivity contribution in [1.82, 2.24) is 0 Å². The number of rotatable bonds is 16. The molecule has 2 aromatic rings. The van der Waals surface area contributed by atoms with Crippen LogP contribution in [0.3, 0.4) is 0 Å². The maximum atomic E-state index is 12.1. The molecule has 0 aliphatic heterocycles. The Morgan fingerprint density at radius 2 is 1.66 bits per heavy atom. The Morgan fingerprint density at radius 1 is 0.971 bits per heavy atom. The minimum Gasteiger partial charge on any atom is -0.493 e. The molecule has 2 aromatic carbocycles. The van der Waals surface area contributed by atoms with E-state index in [2.05, 4.69) is 0 Å². The van der Waals surface area contributed by atoms with Crippen molar-refractivity contribution in [3.8, 4) is 17.2 Å². The summed E-state index contributed by atoms with van der Waals surface area (Å²) in [5.41, 5.74) is 3.11. The highest BCUT2D eigenvalue weighted by molar-refractivity contribution is 7.87. The summed E-state index contributed by atoms with van der Waals surface area (Å²) < 4.78 is 40.9. The van der Waals surface area contributed by atoms with Crippen LogP contribution in [0, 0.1) is 5.92 Å². The number of ether oxygens (including phenoxy) is 2. The first-order chi connectivity index (χ1) is 16.8. The molecular weight excluding hydrogens is 468 g/mol. The molecule has 35 heavy (non-hydrogen) atoms. The number of hydrogen-bond acceptors (Lipinski definition) is 6. The van der Waals surface area contributed by atoms with Gasteiger partial charge in [-0.05, 0) is 85.8 Å². The van der Waals surface area contributed by atoms with Crippen molar-refractivity contribution < 1.29 is 32.0 Å². The largest absolute Gasteiger partial charge is 0.493 e. The molecule has 192 valence electrons. The predicted molar refractivity (Wildman–Crippen MR) is 135 cm³/mol. The Labute approximate surface area is 208 Å². The van der Waals surface area contributed by atoms with Gasteiger partial charge in [-0.15, -0.1) is 0 Å². The molecule has 1 aliphatic carbocycles. The molecule has 1 saturated carbocycles. The normalized spacial score (nSPS) is 13.4. The zero-order valence-electron chi connectivity index (χ0n) is 20.6. The first-order valence-electron chi connectivity index (χ1n) is 12.3. The van der Waals surface area contributed by atoms with E-state index in [4.69, 9.17) is 18.8 Å². The summed E-state index contributed by atoms with van der Waals surface area (Å²) in [6.07, 6.45) is 6.77. The Bertz CT molecular complexity index is 1090. The summed E-state index contributed by atoms with van der Waals surface area (Å²) in [4.78, 5) is 11.0. The smallest absolute Gasteiger partial charge is 0.309 e. The Balaban J connectivity index is 1.60. The number of carbonyl (C=O) groups is 1. The van der Waals surface area contributed by atoms with Crippen molar-refractivity contribution in [3.63, 3.8) is 0 Å². The van der Waals surface area contributed by atoms with Crippen LogP contribution in [0.2, 0.25) is 0 Å². The van der Waals surface area contributed by atoms with E-state index < -0.39 is 16.1 Å². The fourth-order valence-electron chi connectivity index (χ4n) is 3.76. The van der Waals surface area contributed by atoms with Crippen LogP contribution in [0.1, 0.15) is 62.1 Å². The molecule has 3 rings (SSSR count). The summed E-state index contributed by atoms with van der Waals surface area (Å²) >= 11 is 0. The number of methoxy groups -OCH3 is 1. The topological polar surface area (TPSA) is 99.1 Å². The Kier molecular flexibility index (Phi) is 9.83. The van der Waals surface area contributed by atoms with Crippen molar-refractivity contribution in [2.45, 2.75) is 64.7 Å². The molecule has 1 N–H and O–H groups in total. The average Bonchev–Trinajstić information content (AvgIpc) is 3.66. The number of carboxylic acids is 1. The zero-order chi connectivity index (χ0) is 25.3. The van der Waals surface area contributed by atoms with E-state index in [1.165, 1.54) is 20.0 Å². The van der Waals surface area contributed by atoms with Crippen LogP contribution in [-0.4, -0.2) is 39.0 Å². The lowest BCUT2D eigenvalue weighted by Gasteiger charge is -2.14. The van der Waals surface area contributed by atoms with Crippen LogP contribution in [-0.2, 0) is 34.2 Å². The maximum Gasteiger partial charge on any atom is 0.309 e. The lowest BCUT2D eigenvalue weighted by atomic mass is 10.0. The lowest BCUT2D eigenvalue weighted by molar-refractivity contribution is -0.136. The van der Waals surface area contributed by atoms with Gasteiger partial charge in [-0.25, -0.2) is 0 Å². The highest BCUT2D eigenvalue weighted by Gasteiger charge is 2.22. The second kappa shape index (κ2) is 12.8. The standard InChI is InChI=1S/C27H36O7S/c1-3-4-16-35(30,31)34-24-14-11-21(18-26(24)32-2)7-5-6-20-10-12-23(13-15-27(28)29)25(17-20)33-19-22-8-9-22/h10-12,14,17-18,22H,3-9,13,15-16,19H2,1-2H3,(H,28,29). The summed E-state index contributed by atoms with van der Waals surface area (Å²) in [5.74, 6) is 1.20. The van der Waals surface area contributed by atoms with Gasteiger partial charge >= 0.3 is 16.1 Å². The summed E-state index contributed by atoms with van der Waals surface area (Å²) in [5, 5.41) is 9.03. The maximum absolute atomic E-state index is 12.1. The van der Waals surface area contributed by atoms with Crippen LogP contribution in [0.5, 0.6) is 17.2 Å². The van der Waals surface area contributed by atoms with Gasteiger partial charge in [-0.1, -0.05) is 31.5 Å². The second-order valence-electron chi connectivity index (χ2n) is 9.13. The third-order valence-electron chi connectivity index (χ3n) is 6.03. The zero-order valence-corrected chi connectivity index (χ0v) is 21.4. The van der Waals surface area contributed by atoms with E-state index in [-0.39, 0.29) is 17.9 Å². The van der Waals surface area contributed by atoms with Crippen molar-refractivity contribution in [2.75, 3.05) is 19.5 Å². The number of aryl methyl sites for hydroxylation is 3. The van der Waals surface area contributed by atoms with Crippen molar-refractivity contribution in [1.29, 1.82) is 0 Å². The number of benzene rings is 2. The molecular formula is C27H36O7S. The van der Waals surface area contributed by atoms with Gasteiger partial charge < -0.3 is 18.8 Å². The molecule has 7 nitrogen and oxygen atoms in total. The van der Waals surface area contributed by atoms with E-state index in [0.29, 0.717) is 31.1 Å². The van der Waals surface area contributed by atoms with E-state index in [0.717, 1.165) is 48.1 Å². The second-order valence-corrected chi connectivity index (χ2v) is 10.8. The molecule has 0 amide bonds. The monoisotopic (exact) mass is 504 g/mol. The molecule has 1 fully saturated rings. The van der Waals surface area contributed by atoms with Crippen LogP contribution >= 0.6 is 0 Å². The molecule has 0 heterocycles. The number of carboxylic acid groups (broad SMARTS) is 1. The van der Waals surface area contributed by atoms with E-state index >= 15 is 0 Å². The fraction of sp³-hybridized carbons (Fsp3) is 0.519. The first-order valence-corrected chi connectivity index (χ1v) is 13.9. The van der Waals surface area contributed by atoms with Crippen LogP contribution in [0.15, 0.2) is 36.4 Å². The Morgan fingerprint density at radius 3 is 2.29 bits per heavy atom. The molecule has 0 radical (unpaired) electrons. The summed E-state index contributed by atoms with van der Waals surface area (Å²) in [7, 11) is -2.14. The van der Waals surface area contributed by atoms with Crippen LogP contribution < -0.4 is 13.7 Å². The van der Waals surface area contributed by atoms with Crippen molar-refractivity contribution in [2.24, 2.45) is 5.92 Å². The quantitative estimate of drug-likeness (QED) is 0.314. The number of aliphatic carboxylic acids is 1. The first kappa shape index (κ1) is 26.9. The fourth-order valence-corrected chi connectivity index (χ4v) is 4.90. The van der Waals surface area contributed by atoms with Gasteiger partial charge in [0.1, 0.15) is 5.75 Å². The van der Waals surface area contributed by atoms with Gasteiger partial charge in [-0.2, -0.15) is 8.42 Å². The van der Waals surface area contributed by atoms with Gasteiger partial charge in [0.25, 0.3) is 0 Å². The van der Waals surface area contributed by atoms with E-state index in [9.17, 15) is 13.2 Å². The number of unbranched alkanes of at least 4 members (excludes halogenated alkanes) is 1. The van der Waals surface area contributed by atoms with Crippen molar-refractivity contribution in [3.05, 3.63) is 53.1 Å². The third-order valence-corrected chi connectivity index (χ3v) is 7.26. The number of hydrogen-bond donors (Lipinski definition) is 1. The molecule has 8 heteroatoms. The minimum absolute atomic E-state index is 0.0180. The Hall–Kier alpha value is -2.74. The third kappa shape index (κ3) is 9.09. The highest BCUT2D eigenvalue weighted by atomic mass is 32.2. The molecule has 1 aliphatic rings. The van der Waals surface area contributed by atoms with Gasteiger partial charge in [0.2, 0.25) is 0 Å². The highest BCUT2D eigenvalue weighted by Crippen LogP contribution is 2.32. The molecule has 0 saturated heterocycles. The van der Waals surface area contributed by atoms with Crippen LogP contribution in [0.25, 0.3) is 0 Å². The molecule has 0 bridgehead atoms. The van der Waals surface area contributed by atoms with Gasteiger partial charge in [-0.3, -0.25) is 4.79 Å². The molecule has 0 unspecified atom stereocenters. The summed E-state index contributed by atoms with van der Waals surface area (Å²) in [6, 6.07) is 11.4. The van der Waals surface area contributed by atoms with Crippen molar-refractivity contribution >= 4 is 16.1 Å². The minimum atomic E-state index is -3.64. The van der Waals surface area contributed by atoms with Gasteiger partial charge in [0.15, 0.2) is 11.5 Å². The van der Waals surface area contributed by atoms with Gasteiger partial charge in [0, 0.05) is 6.42 Å². The molecule has 0 spiro atoms. The lowest BCUT2D eigenvalue weighted by Crippen LogP contribution is -2.14. The SMILES string of the molecule is CCCCS(=O)(=O)Oc1ccc(CCCc2ccc(CCC(=O)O)c(OCC3CC3)c2)cc1OC. The average molecular weight is 505 g/mol. The molecule has 0 aromatic heterocycles. The van der Waals surface area contributed by atoms with Crippen LogP contribution in [0.4, 0.5) is 0 Å². The van der Waals surface area contributed by atoms with E-state index in [1.807, 2.05) is 37.3 Å². The van der Waals surface area contributed by atoms with Gasteiger partial charge in [0.05, 0.1) is 19.5 Å². The van der Waals surface area contributed by atoms with E-state index in [1.54, 1.807) is 6.07 Å². The predicted octanol–water partition coefficient (Wildman–Crippen LogP) is 5.19.